The minimum Gasteiger partial charge on any atom is -0.490 e. The van der Waals surface area contributed by atoms with Crippen LogP contribution in [0.4, 0.5) is 5.69 Å². The summed E-state index contributed by atoms with van der Waals surface area (Å²) in [4.78, 5) is 18.1. The van der Waals surface area contributed by atoms with Crippen molar-refractivity contribution >= 4 is 11.6 Å². The summed E-state index contributed by atoms with van der Waals surface area (Å²) in [5, 5.41) is 3.06. The van der Waals surface area contributed by atoms with Gasteiger partial charge in [-0.25, -0.2) is 4.98 Å². The normalized spacial score (nSPS) is 12.7. The Hall–Kier alpha value is -3.48. The van der Waals surface area contributed by atoms with Crippen molar-refractivity contribution in [1.82, 2.24) is 9.55 Å². The van der Waals surface area contributed by atoms with Gasteiger partial charge in [0.2, 0.25) is 5.75 Å². The van der Waals surface area contributed by atoms with Crippen LogP contribution in [0.5, 0.6) is 17.2 Å². The first-order valence-corrected chi connectivity index (χ1v) is 11.7. The van der Waals surface area contributed by atoms with Crippen molar-refractivity contribution in [2.75, 3.05) is 25.1 Å². The van der Waals surface area contributed by atoms with Crippen LogP contribution in [0.1, 0.15) is 49.8 Å². The highest BCUT2D eigenvalue weighted by atomic mass is 16.5. The average molecular weight is 450 g/mol. The molecule has 2 aromatic carbocycles. The molecule has 4 rings (SSSR count). The van der Waals surface area contributed by atoms with E-state index in [1.165, 1.54) is 6.42 Å². The number of benzene rings is 2. The third-order valence-electron chi connectivity index (χ3n) is 5.53. The Labute approximate surface area is 194 Å². The van der Waals surface area contributed by atoms with Crippen LogP contribution >= 0.6 is 0 Å². The Balaban J connectivity index is 1.65. The molecule has 7 heteroatoms. The van der Waals surface area contributed by atoms with Crippen LogP contribution in [-0.2, 0) is 13.0 Å². The number of nitrogens with zero attached hydrogens (tertiary/aromatic N) is 2. The minimum atomic E-state index is -0.253. The van der Waals surface area contributed by atoms with Gasteiger partial charge < -0.3 is 24.1 Å². The highest BCUT2D eigenvalue weighted by molar-refractivity contribution is 6.06. The van der Waals surface area contributed by atoms with E-state index in [1.807, 2.05) is 45.0 Å². The average Bonchev–Trinajstić information content (AvgIpc) is 3.26. The van der Waals surface area contributed by atoms with Gasteiger partial charge in [-0.1, -0.05) is 18.2 Å². The number of hydrogen-bond acceptors (Lipinski definition) is 5. The van der Waals surface area contributed by atoms with E-state index >= 15 is 0 Å². The van der Waals surface area contributed by atoms with E-state index in [0.29, 0.717) is 48.3 Å². The molecule has 1 amide bonds. The summed E-state index contributed by atoms with van der Waals surface area (Å²) in [7, 11) is 0. The minimum absolute atomic E-state index is 0.253. The number of carbonyl (C=O) groups excluding carboxylic acids is 1. The summed E-state index contributed by atoms with van der Waals surface area (Å²) in [6.07, 6.45) is 5.40. The highest BCUT2D eigenvalue weighted by Crippen LogP contribution is 2.39. The zero-order valence-electron chi connectivity index (χ0n) is 19.5. The van der Waals surface area contributed by atoms with Crippen LogP contribution in [0, 0.1) is 0 Å². The number of rotatable bonds is 9. The molecular weight excluding hydrogens is 418 g/mol. The molecule has 174 valence electrons. The summed E-state index contributed by atoms with van der Waals surface area (Å²) < 4.78 is 19.5. The van der Waals surface area contributed by atoms with Gasteiger partial charge in [0.25, 0.3) is 5.91 Å². The highest BCUT2D eigenvalue weighted by Gasteiger charge is 2.20. The Morgan fingerprint density at radius 3 is 2.36 bits per heavy atom. The fourth-order valence-electron chi connectivity index (χ4n) is 4.07. The molecule has 0 saturated heterocycles. The molecule has 2 heterocycles. The van der Waals surface area contributed by atoms with Gasteiger partial charge in [-0.3, -0.25) is 4.79 Å². The maximum absolute atomic E-state index is 13.3. The molecule has 3 aromatic rings. The molecule has 0 atom stereocenters. The van der Waals surface area contributed by atoms with Gasteiger partial charge in [0.1, 0.15) is 5.82 Å². The standard InChI is InChI=1S/C26H31N3O4/c1-4-31-22-15-18(16-23(32-5-2)25(22)33-6-3)26(30)28-20-12-8-7-11-19(20)21-17-29-14-10-9-13-24(29)27-21/h7-8,11-12,15-17H,4-6,9-10,13-14H2,1-3H3,(H,28,30). The van der Waals surface area contributed by atoms with Crippen molar-refractivity contribution in [3.8, 4) is 28.5 Å². The fraction of sp³-hybridized carbons (Fsp3) is 0.385. The smallest absolute Gasteiger partial charge is 0.255 e. The topological polar surface area (TPSA) is 74.6 Å². The third kappa shape index (κ3) is 4.97. The van der Waals surface area contributed by atoms with E-state index in [4.69, 9.17) is 19.2 Å². The van der Waals surface area contributed by atoms with Crippen LogP contribution in [-0.4, -0.2) is 35.3 Å². The second kappa shape index (κ2) is 10.4. The molecule has 0 unspecified atom stereocenters. The van der Waals surface area contributed by atoms with Crippen LogP contribution < -0.4 is 19.5 Å². The fourth-order valence-corrected chi connectivity index (χ4v) is 4.07. The van der Waals surface area contributed by atoms with Crippen molar-refractivity contribution in [2.45, 2.75) is 46.6 Å². The Bertz CT molecular complexity index is 1070. The van der Waals surface area contributed by atoms with Crippen molar-refractivity contribution < 1.29 is 19.0 Å². The van der Waals surface area contributed by atoms with E-state index in [9.17, 15) is 4.79 Å². The summed E-state index contributed by atoms with van der Waals surface area (Å²) in [5.74, 6) is 2.35. The number of anilines is 1. The molecule has 1 aliphatic heterocycles. The second-order valence-corrected chi connectivity index (χ2v) is 7.79. The van der Waals surface area contributed by atoms with Crippen molar-refractivity contribution in [3.63, 3.8) is 0 Å². The SMILES string of the molecule is CCOc1cc(C(=O)Nc2ccccc2-c2cn3c(n2)CCCC3)cc(OCC)c1OCC. The maximum atomic E-state index is 13.3. The number of amides is 1. The lowest BCUT2D eigenvalue weighted by molar-refractivity contribution is 0.102. The lowest BCUT2D eigenvalue weighted by Crippen LogP contribution is -2.14. The number of hydrogen-bond donors (Lipinski definition) is 1. The van der Waals surface area contributed by atoms with Crippen molar-refractivity contribution in [2.24, 2.45) is 0 Å². The van der Waals surface area contributed by atoms with Gasteiger partial charge in [-0.15, -0.1) is 0 Å². The van der Waals surface area contributed by atoms with E-state index in [1.54, 1.807) is 12.1 Å². The summed E-state index contributed by atoms with van der Waals surface area (Å²) in [5.41, 5.74) is 2.92. The van der Waals surface area contributed by atoms with E-state index in [-0.39, 0.29) is 5.91 Å². The first-order valence-electron chi connectivity index (χ1n) is 11.7. The molecule has 0 bridgehead atoms. The Morgan fingerprint density at radius 1 is 1.00 bits per heavy atom. The molecule has 0 saturated carbocycles. The molecule has 0 aliphatic carbocycles. The van der Waals surface area contributed by atoms with E-state index < -0.39 is 0 Å². The second-order valence-electron chi connectivity index (χ2n) is 7.79. The van der Waals surface area contributed by atoms with E-state index in [2.05, 4.69) is 16.1 Å². The molecule has 33 heavy (non-hydrogen) atoms. The summed E-state index contributed by atoms with van der Waals surface area (Å²) in [6, 6.07) is 11.1. The molecular formula is C26H31N3O4. The van der Waals surface area contributed by atoms with Gasteiger partial charge in [0.05, 0.1) is 31.2 Å². The predicted octanol–water partition coefficient (Wildman–Crippen LogP) is 5.33. The lowest BCUT2D eigenvalue weighted by Gasteiger charge is -2.17. The molecule has 0 spiro atoms. The molecule has 0 radical (unpaired) electrons. The molecule has 0 fully saturated rings. The van der Waals surface area contributed by atoms with Crippen molar-refractivity contribution in [3.05, 3.63) is 54.0 Å². The van der Waals surface area contributed by atoms with Crippen molar-refractivity contribution in [1.29, 1.82) is 0 Å². The van der Waals surface area contributed by atoms with Gasteiger partial charge in [-0.05, 0) is 51.8 Å². The third-order valence-corrected chi connectivity index (χ3v) is 5.53. The van der Waals surface area contributed by atoms with Gasteiger partial charge >= 0.3 is 0 Å². The zero-order valence-corrected chi connectivity index (χ0v) is 19.5. The van der Waals surface area contributed by atoms with E-state index in [0.717, 1.165) is 36.5 Å². The Morgan fingerprint density at radius 2 is 1.70 bits per heavy atom. The summed E-state index contributed by atoms with van der Waals surface area (Å²) in [6.45, 7) is 8.04. The van der Waals surface area contributed by atoms with Crippen LogP contribution in [0.15, 0.2) is 42.6 Å². The lowest BCUT2D eigenvalue weighted by atomic mass is 10.1. The molecule has 7 nitrogen and oxygen atoms in total. The van der Waals surface area contributed by atoms with Gasteiger partial charge in [0.15, 0.2) is 11.5 Å². The van der Waals surface area contributed by atoms with Gasteiger partial charge in [0, 0.05) is 30.3 Å². The van der Waals surface area contributed by atoms with Crippen LogP contribution in [0.3, 0.4) is 0 Å². The largest absolute Gasteiger partial charge is 0.490 e. The number of carbonyl (C=O) groups is 1. The van der Waals surface area contributed by atoms with Crippen LogP contribution in [0.2, 0.25) is 0 Å². The number of para-hydroxylation sites is 1. The van der Waals surface area contributed by atoms with Gasteiger partial charge in [-0.2, -0.15) is 0 Å². The first-order chi connectivity index (χ1) is 16.1. The number of aromatic nitrogens is 2. The molecule has 1 aliphatic rings. The summed E-state index contributed by atoms with van der Waals surface area (Å²) >= 11 is 0. The van der Waals surface area contributed by atoms with Crippen LogP contribution in [0.25, 0.3) is 11.3 Å². The molecule has 1 N–H and O–H groups in total. The number of fused-ring (bicyclic) bond motifs is 1. The molecule has 1 aromatic heterocycles. The quantitative estimate of drug-likeness (QED) is 0.478. The number of aryl methyl sites for hydroxylation is 2. The monoisotopic (exact) mass is 449 g/mol. The Kier molecular flexibility index (Phi) is 7.17. The predicted molar refractivity (Wildman–Crippen MR) is 129 cm³/mol. The zero-order chi connectivity index (χ0) is 23.2. The maximum Gasteiger partial charge on any atom is 0.255 e. The number of imidazole rings is 1. The number of ether oxygens (including phenoxy) is 3. The first kappa shape index (κ1) is 22.7. The number of nitrogens with one attached hydrogen (secondary N) is 1.